The molecule has 2 heterocycles. The van der Waals surface area contributed by atoms with E-state index in [1.54, 1.807) is 0 Å². The summed E-state index contributed by atoms with van der Waals surface area (Å²) in [4.78, 5) is 10.3. The lowest BCUT2D eigenvalue weighted by molar-refractivity contribution is 0.737. The van der Waals surface area contributed by atoms with Crippen LogP contribution in [0.1, 0.15) is 77.9 Å². The Kier molecular flexibility index (Phi) is 8.92. The number of hydrogen-bond acceptors (Lipinski definition) is 4. The van der Waals surface area contributed by atoms with Gasteiger partial charge in [-0.15, -0.1) is 0 Å². The third kappa shape index (κ3) is 5.73. The van der Waals surface area contributed by atoms with Crippen molar-refractivity contribution in [3.8, 4) is 0 Å². The zero-order valence-corrected chi connectivity index (χ0v) is 32.0. The van der Waals surface area contributed by atoms with E-state index in [2.05, 4.69) is 162 Å². The molecule has 0 radical (unpaired) electrons. The third-order valence-corrected chi connectivity index (χ3v) is 12.7. The molecule has 4 nitrogen and oxygen atoms in total. The van der Waals surface area contributed by atoms with E-state index >= 15 is 0 Å². The van der Waals surface area contributed by atoms with E-state index < -0.39 is 0 Å². The maximum Gasteiger partial charge on any atom is 0.0911 e. The highest BCUT2D eigenvalue weighted by atomic mass is 15.4. The topological polar surface area (TPSA) is 13.0 Å². The fourth-order valence-corrected chi connectivity index (χ4v) is 8.54. The van der Waals surface area contributed by atoms with Gasteiger partial charge in [-0.1, -0.05) is 48.5 Å². The molecular formula is C46H54N4. The second kappa shape index (κ2) is 13.2. The van der Waals surface area contributed by atoms with Crippen LogP contribution >= 0.6 is 0 Å². The summed E-state index contributed by atoms with van der Waals surface area (Å²) in [6.45, 7) is 28.3. The molecule has 0 spiro atoms. The minimum atomic E-state index is 0.882. The first kappa shape index (κ1) is 33.8. The van der Waals surface area contributed by atoms with Crippen LogP contribution in [0.15, 0.2) is 72.8 Å². The third-order valence-electron chi connectivity index (χ3n) is 12.7. The summed E-state index contributed by atoms with van der Waals surface area (Å²) >= 11 is 0. The number of benzene rings is 5. The first-order chi connectivity index (χ1) is 24.0. The normalized spacial score (nSPS) is 13.8. The summed E-state index contributed by atoms with van der Waals surface area (Å²) in [5.74, 6) is 0. The Morgan fingerprint density at radius 1 is 0.320 bits per heavy atom. The van der Waals surface area contributed by atoms with Gasteiger partial charge in [0, 0.05) is 26.2 Å². The van der Waals surface area contributed by atoms with Gasteiger partial charge in [0.15, 0.2) is 0 Å². The average Bonchev–Trinajstić information content (AvgIpc) is 3.66. The maximum absolute atomic E-state index is 2.58. The van der Waals surface area contributed by atoms with Gasteiger partial charge in [0.25, 0.3) is 0 Å². The number of hydrogen-bond donors (Lipinski definition) is 0. The minimum Gasteiger partial charge on any atom is -0.348 e. The van der Waals surface area contributed by atoms with Crippen LogP contribution in [0.3, 0.4) is 0 Å². The molecule has 7 rings (SSSR count). The molecule has 50 heavy (non-hydrogen) atoms. The molecule has 0 aliphatic carbocycles. The number of rotatable bonds is 8. The standard InChI is InChI=1S/C46H54N4/c1-29-31(3)35(7)41(36(8)32(29)4)25-49-27-47(43-19-13-15-21-45(43)49)23-39-17-11-12-18-40(39)24-48-28-50(46-22-16-14-20-44(46)48)26-42-37(9)33(5)30(2)34(6)38(42)10/h11-22H,23-28H2,1-10H3. The molecule has 258 valence electrons. The summed E-state index contributed by atoms with van der Waals surface area (Å²) in [6.07, 6.45) is 0. The molecular weight excluding hydrogens is 609 g/mol. The quantitative estimate of drug-likeness (QED) is 0.164. The van der Waals surface area contributed by atoms with E-state index in [9.17, 15) is 0 Å². The molecule has 0 N–H and O–H groups in total. The molecule has 0 fully saturated rings. The Balaban J connectivity index is 1.14. The van der Waals surface area contributed by atoms with Gasteiger partial charge in [0.2, 0.25) is 0 Å². The molecule has 0 unspecified atom stereocenters. The first-order valence-corrected chi connectivity index (χ1v) is 18.3. The fraction of sp³-hybridized carbons (Fsp3) is 0.348. The van der Waals surface area contributed by atoms with E-state index in [1.165, 1.54) is 101 Å². The Labute approximate surface area is 301 Å². The molecule has 0 bridgehead atoms. The Morgan fingerprint density at radius 2 is 0.560 bits per heavy atom. The molecule has 0 saturated heterocycles. The fourth-order valence-electron chi connectivity index (χ4n) is 8.54. The second-order valence-corrected chi connectivity index (χ2v) is 15.0. The van der Waals surface area contributed by atoms with Crippen molar-refractivity contribution in [1.82, 2.24) is 0 Å². The van der Waals surface area contributed by atoms with Gasteiger partial charge in [-0.25, -0.2) is 0 Å². The minimum absolute atomic E-state index is 0.882. The van der Waals surface area contributed by atoms with Gasteiger partial charge in [-0.05, 0) is 171 Å². The number of anilines is 4. The van der Waals surface area contributed by atoms with Crippen molar-refractivity contribution < 1.29 is 0 Å². The van der Waals surface area contributed by atoms with Crippen LogP contribution in [-0.4, -0.2) is 13.3 Å². The summed E-state index contributed by atoms with van der Waals surface area (Å²) in [7, 11) is 0. The van der Waals surface area contributed by atoms with Crippen LogP contribution in [0.2, 0.25) is 0 Å². The number of para-hydroxylation sites is 4. The lowest BCUT2D eigenvalue weighted by Gasteiger charge is -2.27. The van der Waals surface area contributed by atoms with Gasteiger partial charge >= 0.3 is 0 Å². The van der Waals surface area contributed by atoms with Crippen molar-refractivity contribution in [2.75, 3.05) is 32.9 Å². The van der Waals surface area contributed by atoms with Crippen LogP contribution in [0, 0.1) is 69.2 Å². The Bertz CT molecular complexity index is 1900. The van der Waals surface area contributed by atoms with E-state index in [0.29, 0.717) is 0 Å². The van der Waals surface area contributed by atoms with Crippen molar-refractivity contribution in [2.45, 2.75) is 95.4 Å². The predicted molar refractivity (Wildman–Crippen MR) is 214 cm³/mol. The monoisotopic (exact) mass is 662 g/mol. The molecule has 5 aromatic rings. The van der Waals surface area contributed by atoms with Crippen molar-refractivity contribution >= 4 is 22.7 Å². The van der Waals surface area contributed by atoms with Crippen molar-refractivity contribution in [3.05, 3.63) is 151 Å². The molecule has 2 aliphatic heterocycles. The van der Waals surface area contributed by atoms with Gasteiger partial charge in [-0.3, -0.25) is 0 Å². The highest BCUT2D eigenvalue weighted by Gasteiger charge is 2.30. The van der Waals surface area contributed by atoms with Crippen LogP contribution in [0.5, 0.6) is 0 Å². The van der Waals surface area contributed by atoms with Crippen LogP contribution in [0.4, 0.5) is 22.7 Å². The predicted octanol–water partition coefficient (Wildman–Crippen LogP) is 10.7. The van der Waals surface area contributed by atoms with Gasteiger partial charge < -0.3 is 19.6 Å². The van der Waals surface area contributed by atoms with Gasteiger partial charge in [-0.2, -0.15) is 0 Å². The van der Waals surface area contributed by atoms with Crippen molar-refractivity contribution in [3.63, 3.8) is 0 Å². The average molecular weight is 663 g/mol. The lowest BCUT2D eigenvalue weighted by atomic mass is 9.89. The van der Waals surface area contributed by atoms with E-state index in [0.717, 1.165) is 39.5 Å². The highest BCUT2D eigenvalue weighted by Crippen LogP contribution is 2.41. The van der Waals surface area contributed by atoms with Crippen molar-refractivity contribution in [1.29, 1.82) is 0 Å². The van der Waals surface area contributed by atoms with E-state index in [4.69, 9.17) is 0 Å². The van der Waals surface area contributed by atoms with Gasteiger partial charge in [0.1, 0.15) is 0 Å². The molecule has 4 heteroatoms. The molecule has 0 aromatic heterocycles. The summed E-state index contributed by atoms with van der Waals surface area (Å²) < 4.78 is 0. The summed E-state index contributed by atoms with van der Waals surface area (Å²) in [5, 5.41) is 0. The highest BCUT2D eigenvalue weighted by molar-refractivity contribution is 5.78. The lowest BCUT2D eigenvalue weighted by Crippen LogP contribution is -2.32. The van der Waals surface area contributed by atoms with Crippen LogP contribution < -0.4 is 19.6 Å². The molecule has 5 aromatic carbocycles. The molecule has 0 saturated carbocycles. The first-order valence-electron chi connectivity index (χ1n) is 18.3. The summed E-state index contributed by atoms with van der Waals surface area (Å²) in [6, 6.07) is 27.1. The second-order valence-electron chi connectivity index (χ2n) is 15.0. The molecule has 2 aliphatic rings. The Morgan fingerprint density at radius 3 is 0.860 bits per heavy atom. The number of fused-ring (bicyclic) bond motifs is 2. The molecule has 0 atom stereocenters. The van der Waals surface area contributed by atoms with Crippen LogP contribution in [0.25, 0.3) is 0 Å². The Hall–Kier alpha value is -4.70. The number of nitrogens with zero attached hydrogens (tertiary/aromatic N) is 4. The molecule has 0 amide bonds. The zero-order chi connectivity index (χ0) is 35.4. The van der Waals surface area contributed by atoms with E-state index in [-0.39, 0.29) is 0 Å². The maximum atomic E-state index is 2.58. The SMILES string of the molecule is Cc1c(C)c(C)c(CN2CN(Cc3ccccc3CN3CN(Cc4c(C)c(C)c(C)c(C)c4C)c4ccccc43)c3ccccc32)c(C)c1C. The van der Waals surface area contributed by atoms with Gasteiger partial charge in [0.05, 0.1) is 36.1 Å². The summed E-state index contributed by atoms with van der Waals surface area (Å²) in [5.41, 5.74) is 25.4. The largest absolute Gasteiger partial charge is 0.348 e. The van der Waals surface area contributed by atoms with Crippen LogP contribution in [-0.2, 0) is 26.2 Å². The van der Waals surface area contributed by atoms with E-state index in [1.807, 2.05) is 0 Å². The smallest absolute Gasteiger partial charge is 0.0911 e. The van der Waals surface area contributed by atoms with Crippen molar-refractivity contribution in [2.24, 2.45) is 0 Å². The zero-order valence-electron chi connectivity index (χ0n) is 32.0.